The second-order valence-corrected chi connectivity index (χ2v) is 5.29. The van der Waals surface area contributed by atoms with Crippen LogP contribution in [-0.4, -0.2) is 33.4 Å². The first-order valence-electron chi connectivity index (χ1n) is 7.77. The van der Waals surface area contributed by atoms with Crippen LogP contribution >= 0.6 is 0 Å². The standard InChI is InChI=1S/C17H30N2O/c1-5-10-19(11-6-2)17-8-7-15(3)13-16(17)14-18-9-12-20-4/h7-8,13,18H,5-6,9-12,14H2,1-4H3. The highest BCUT2D eigenvalue weighted by molar-refractivity contribution is 5.55. The second kappa shape index (κ2) is 9.78. The van der Waals surface area contributed by atoms with Gasteiger partial charge in [0.15, 0.2) is 0 Å². The Kier molecular flexibility index (Phi) is 8.31. The van der Waals surface area contributed by atoms with Crippen molar-refractivity contribution >= 4 is 5.69 Å². The van der Waals surface area contributed by atoms with Crippen molar-refractivity contribution in [3.63, 3.8) is 0 Å². The maximum absolute atomic E-state index is 5.09. The Morgan fingerprint density at radius 3 is 2.45 bits per heavy atom. The van der Waals surface area contributed by atoms with E-state index in [1.807, 2.05) is 0 Å². The zero-order valence-corrected chi connectivity index (χ0v) is 13.5. The third-order valence-corrected chi connectivity index (χ3v) is 3.36. The van der Waals surface area contributed by atoms with Gasteiger partial charge in [0.2, 0.25) is 0 Å². The summed E-state index contributed by atoms with van der Waals surface area (Å²) < 4.78 is 5.09. The molecule has 0 saturated heterocycles. The van der Waals surface area contributed by atoms with E-state index in [2.05, 4.69) is 49.2 Å². The number of hydrogen-bond donors (Lipinski definition) is 1. The number of methoxy groups -OCH3 is 1. The molecule has 1 aromatic rings. The molecule has 114 valence electrons. The monoisotopic (exact) mass is 278 g/mol. The lowest BCUT2D eigenvalue weighted by atomic mass is 10.1. The minimum atomic E-state index is 0.759. The fourth-order valence-corrected chi connectivity index (χ4v) is 2.45. The van der Waals surface area contributed by atoms with Crippen LogP contribution in [0.2, 0.25) is 0 Å². The van der Waals surface area contributed by atoms with Crippen LogP contribution in [0, 0.1) is 6.92 Å². The van der Waals surface area contributed by atoms with E-state index < -0.39 is 0 Å². The molecule has 1 N–H and O–H groups in total. The first kappa shape index (κ1) is 17.0. The molecule has 0 aromatic heterocycles. The quantitative estimate of drug-likeness (QED) is 0.664. The molecule has 1 aromatic carbocycles. The Morgan fingerprint density at radius 2 is 1.85 bits per heavy atom. The SMILES string of the molecule is CCCN(CCC)c1ccc(C)cc1CNCCOC. The van der Waals surface area contributed by atoms with E-state index in [-0.39, 0.29) is 0 Å². The molecular formula is C17H30N2O. The van der Waals surface area contributed by atoms with Crippen LogP contribution in [0.3, 0.4) is 0 Å². The van der Waals surface area contributed by atoms with Gasteiger partial charge in [-0.3, -0.25) is 0 Å². The van der Waals surface area contributed by atoms with Gasteiger partial charge in [-0.25, -0.2) is 0 Å². The third-order valence-electron chi connectivity index (χ3n) is 3.36. The molecular weight excluding hydrogens is 248 g/mol. The number of rotatable bonds is 10. The molecule has 0 atom stereocenters. The summed E-state index contributed by atoms with van der Waals surface area (Å²) in [5, 5.41) is 3.46. The molecule has 0 aliphatic heterocycles. The zero-order valence-electron chi connectivity index (χ0n) is 13.5. The van der Waals surface area contributed by atoms with Crippen LogP contribution in [0.1, 0.15) is 37.8 Å². The van der Waals surface area contributed by atoms with E-state index in [4.69, 9.17) is 4.74 Å². The lowest BCUT2D eigenvalue weighted by molar-refractivity contribution is 0.199. The number of hydrogen-bond acceptors (Lipinski definition) is 3. The van der Waals surface area contributed by atoms with Gasteiger partial charge in [0, 0.05) is 39.0 Å². The van der Waals surface area contributed by atoms with Gasteiger partial charge in [-0.1, -0.05) is 31.5 Å². The number of benzene rings is 1. The molecule has 0 fully saturated rings. The van der Waals surface area contributed by atoms with E-state index in [0.29, 0.717) is 0 Å². The maximum Gasteiger partial charge on any atom is 0.0587 e. The number of nitrogens with one attached hydrogen (secondary N) is 1. The lowest BCUT2D eigenvalue weighted by Gasteiger charge is -2.27. The molecule has 1 rings (SSSR count). The minimum absolute atomic E-state index is 0.759. The van der Waals surface area contributed by atoms with E-state index in [9.17, 15) is 0 Å². The predicted octanol–water partition coefficient (Wildman–Crippen LogP) is 3.36. The maximum atomic E-state index is 5.09. The van der Waals surface area contributed by atoms with Crippen LogP contribution in [0.25, 0.3) is 0 Å². The molecule has 20 heavy (non-hydrogen) atoms. The van der Waals surface area contributed by atoms with Gasteiger partial charge >= 0.3 is 0 Å². The van der Waals surface area contributed by atoms with Crippen molar-refractivity contribution in [2.75, 3.05) is 38.3 Å². The van der Waals surface area contributed by atoms with Gasteiger partial charge in [0.05, 0.1) is 6.61 Å². The summed E-state index contributed by atoms with van der Waals surface area (Å²) in [6.45, 7) is 11.5. The van der Waals surface area contributed by atoms with Gasteiger partial charge in [-0.05, 0) is 31.4 Å². The molecule has 0 aliphatic rings. The number of anilines is 1. The summed E-state index contributed by atoms with van der Waals surface area (Å²) in [7, 11) is 1.74. The van der Waals surface area contributed by atoms with Crippen molar-refractivity contribution in [1.82, 2.24) is 5.32 Å². The predicted molar refractivity (Wildman–Crippen MR) is 87.6 cm³/mol. The molecule has 3 heteroatoms. The highest BCUT2D eigenvalue weighted by atomic mass is 16.5. The molecule has 3 nitrogen and oxygen atoms in total. The zero-order chi connectivity index (χ0) is 14.8. The molecule has 0 radical (unpaired) electrons. The van der Waals surface area contributed by atoms with Crippen molar-refractivity contribution in [2.45, 2.75) is 40.2 Å². The van der Waals surface area contributed by atoms with Crippen molar-refractivity contribution in [3.05, 3.63) is 29.3 Å². The fraction of sp³-hybridized carbons (Fsp3) is 0.647. The van der Waals surface area contributed by atoms with Crippen LogP contribution < -0.4 is 10.2 Å². The molecule has 0 saturated carbocycles. The summed E-state index contributed by atoms with van der Waals surface area (Å²) in [5.41, 5.74) is 4.09. The average Bonchev–Trinajstić information content (AvgIpc) is 2.44. The van der Waals surface area contributed by atoms with Gasteiger partial charge in [-0.2, -0.15) is 0 Å². The molecule has 0 heterocycles. The topological polar surface area (TPSA) is 24.5 Å². The summed E-state index contributed by atoms with van der Waals surface area (Å²) in [5.74, 6) is 0. The first-order chi connectivity index (χ1) is 9.72. The van der Waals surface area contributed by atoms with Crippen LogP contribution in [0.15, 0.2) is 18.2 Å². The fourth-order valence-electron chi connectivity index (χ4n) is 2.45. The van der Waals surface area contributed by atoms with Crippen LogP contribution in [-0.2, 0) is 11.3 Å². The van der Waals surface area contributed by atoms with Crippen LogP contribution in [0.5, 0.6) is 0 Å². The number of nitrogens with zero attached hydrogens (tertiary/aromatic N) is 1. The van der Waals surface area contributed by atoms with Crippen molar-refractivity contribution in [3.8, 4) is 0 Å². The highest BCUT2D eigenvalue weighted by Crippen LogP contribution is 2.22. The molecule has 0 bridgehead atoms. The average molecular weight is 278 g/mol. The second-order valence-electron chi connectivity index (χ2n) is 5.29. The van der Waals surface area contributed by atoms with E-state index >= 15 is 0 Å². The van der Waals surface area contributed by atoms with E-state index in [0.717, 1.165) is 32.8 Å². The Morgan fingerprint density at radius 1 is 1.15 bits per heavy atom. The Balaban J connectivity index is 2.81. The smallest absolute Gasteiger partial charge is 0.0587 e. The van der Waals surface area contributed by atoms with Gasteiger partial charge in [0.25, 0.3) is 0 Å². The Labute approximate surface area is 124 Å². The normalized spacial score (nSPS) is 10.8. The Hall–Kier alpha value is -1.06. The number of ether oxygens (including phenoxy) is 1. The van der Waals surface area contributed by atoms with Gasteiger partial charge in [0.1, 0.15) is 0 Å². The summed E-state index contributed by atoms with van der Waals surface area (Å²) in [4.78, 5) is 2.51. The summed E-state index contributed by atoms with van der Waals surface area (Å²) >= 11 is 0. The molecule has 0 amide bonds. The number of aryl methyl sites for hydroxylation is 1. The van der Waals surface area contributed by atoms with Gasteiger partial charge in [-0.15, -0.1) is 0 Å². The molecule has 0 aliphatic carbocycles. The Bertz CT molecular complexity index is 373. The van der Waals surface area contributed by atoms with E-state index in [1.165, 1.54) is 29.7 Å². The largest absolute Gasteiger partial charge is 0.383 e. The van der Waals surface area contributed by atoms with Crippen molar-refractivity contribution < 1.29 is 4.74 Å². The van der Waals surface area contributed by atoms with Crippen molar-refractivity contribution in [2.24, 2.45) is 0 Å². The molecule has 0 unspecified atom stereocenters. The van der Waals surface area contributed by atoms with E-state index in [1.54, 1.807) is 7.11 Å². The van der Waals surface area contributed by atoms with Gasteiger partial charge < -0.3 is 15.0 Å². The van der Waals surface area contributed by atoms with Crippen LogP contribution in [0.4, 0.5) is 5.69 Å². The van der Waals surface area contributed by atoms with Crippen molar-refractivity contribution in [1.29, 1.82) is 0 Å². The lowest BCUT2D eigenvalue weighted by Crippen LogP contribution is -2.27. The summed E-state index contributed by atoms with van der Waals surface area (Å²) in [6.07, 6.45) is 2.37. The molecule has 0 spiro atoms. The third kappa shape index (κ3) is 5.51. The summed E-state index contributed by atoms with van der Waals surface area (Å²) in [6, 6.07) is 6.79. The minimum Gasteiger partial charge on any atom is -0.383 e. The highest BCUT2D eigenvalue weighted by Gasteiger charge is 2.10. The first-order valence-corrected chi connectivity index (χ1v) is 7.77.